The van der Waals surface area contributed by atoms with Crippen molar-refractivity contribution in [2.45, 2.75) is 92.5 Å². The Morgan fingerprint density at radius 1 is 0.630 bits per heavy atom. The van der Waals surface area contributed by atoms with Crippen molar-refractivity contribution in [2.24, 2.45) is 5.73 Å². The number of ether oxygens (including phenoxy) is 2. The van der Waals surface area contributed by atoms with E-state index in [0.29, 0.717) is 55.3 Å². The lowest BCUT2D eigenvalue weighted by atomic mass is 10.2. The first-order valence-corrected chi connectivity index (χ1v) is 24.9. The van der Waals surface area contributed by atoms with E-state index >= 15 is 0 Å². The number of amides is 3. The number of nitrogens with one attached hydrogen (secondary N) is 5. The standard InChI is InChI=1S/C25H33N7O3S.C16H18N6S.C9H17NO4/c1-16(32(6)24(34)35-25(3,4)5)22(33)27-13-12-26-20-14-21(30-17(2)29-20)31-23-28-15-19(36-23)18-10-8-7-9-11-18;1-11-20-14(18-8-7-17)9-15(21-11)22-16-19-10-13(23-16)12-5-3-2-4-6-12;1-6(7(11)12)10(5)8(13)14-9(2,3)4/h7-11,14-16H,12-13H2,1-6H3,(H,27,33)(H2,26,28,29,30,31);2-6,9-10H,7-8,17H2,1H3,(H2,18,19,20,21,22);6H,1-5H3,(H,11,12)/t16-;;6-/m0.0/s1. The highest BCUT2D eigenvalue weighted by Gasteiger charge is 2.28. The molecule has 3 amide bonds. The molecule has 4 heterocycles. The van der Waals surface area contributed by atoms with E-state index in [9.17, 15) is 19.2 Å². The number of thiazole rings is 2. The van der Waals surface area contributed by atoms with E-state index < -0.39 is 41.4 Å². The van der Waals surface area contributed by atoms with Gasteiger partial charge in [-0.1, -0.05) is 83.3 Å². The molecule has 0 saturated carbocycles. The quantitative estimate of drug-likeness (QED) is 0.0420. The van der Waals surface area contributed by atoms with Gasteiger partial charge in [0.1, 0.15) is 58.2 Å². The summed E-state index contributed by atoms with van der Waals surface area (Å²) in [4.78, 5) is 77.5. The van der Waals surface area contributed by atoms with Gasteiger partial charge in [-0.25, -0.2) is 44.3 Å². The van der Waals surface area contributed by atoms with Gasteiger partial charge in [0, 0.05) is 64.8 Å². The van der Waals surface area contributed by atoms with Gasteiger partial charge in [0.15, 0.2) is 10.3 Å². The summed E-state index contributed by atoms with van der Waals surface area (Å²) in [6.07, 6.45) is 2.52. The Bertz CT molecular complexity index is 2710. The van der Waals surface area contributed by atoms with Crippen molar-refractivity contribution < 1.29 is 33.8 Å². The van der Waals surface area contributed by atoms with Crippen LogP contribution in [0.5, 0.6) is 0 Å². The zero-order valence-corrected chi connectivity index (χ0v) is 45.1. The number of hydrogen-bond acceptors (Lipinski definition) is 19. The number of anilines is 6. The van der Waals surface area contributed by atoms with Gasteiger partial charge in [0.25, 0.3) is 0 Å². The predicted molar refractivity (Wildman–Crippen MR) is 289 cm³/mol. The highest BCUT2D eigenvalue weighted by atomic mass is 32.1. The second kappa shape index (κ2) is 27.4. The van der Waals surface area contributed by atoms with E-state index in [1.165, 1.54) is 30.2 Å². The van der Waals surface area contributed by atoms with E-state index in [1.54, 1.807) is 72.9 Å². The molecule has 0 radical (unpaired) electrons. The molecule has 0 aliphatic heterocycles. The van der Waals surface area contributed by atoms with Gasteiger partial charge in [0.2, 0.25) is 5.91 Å². The third-order valence-electron chi connectivity index (χ3n) is 9.72. The van der Waals surface area contributed by atoms with Crippen LogP contribution < -0.4 is 32.3 Å². The summed E-state index contributed by atoms with van der Waals surface area (Å²) in [6.45, 7) is 19.3. The van der Waals surface area contributed by atoms with Crippen LogP contribution in [0.2, 0.25) is 0 Å². The molecule has 392 valence electrons. The molecule has 0 spiro atoms. The summed E-state index contributed by atoms with van der Waals surface area (Å²) in [5, 5.41) is 25.8. The summed E-state index contributed by atoms with van der Waals surface area (Å²) in [5.74, 6) is 2.67. The SMILES string of the molecule is C[C@@H](C(=O)O)N(C)C(=O)OC(C)(C)C.Cc1nc(NCCN)cc(Nc2ncc(-c3ccccc3)s2)n1.Cc1nc(NCCNC(=O)[C@H](C)N(C)C(=O)OC(C)(C)C)cc(Nc2ncc(-c3ccccc3)s2)n1. The van der Waals surface area contributed by atoms with Gasteiger partial charge in [-0.2, -0.15) is 0 Å². The fraction of sp³-hybridized carbons (Fsp3) is 0.400. The van der Waals surface area contributed by atoms with Gasteiger partial charge in [-0.3, -0.25) is 14.6 Å². The number of nitrogens with zero attached hydrogens (tertiary/aromatic N) is 8. The Morgan fingerprint density at radius 3 is 1.42 bits per heavy atom. The molecular weight excluding hydrogens is 973 g/mol. The van der Waals surface area contributed by atoms with Crippen LogP contribution in [0, 0.1) is 13.8 Å². The summed E-state index contributed by atoms with van der Waals surface area (Å²) < 4.78 is 10.3. The number of aryl methyl sites for hydroxylation is 2. The molecule has 2 atom stereocenters. The zero-order chi connectivity index (χ0) is 53.9. The third-order valence-corrected chi connectivity index (χ3v) is 11.6. The van der Waals surface area contributed by atoms with Gasteiger partial charge in [-0.05, 0) is 80.4 Å². The number of carbonyl (C=O) groups is 4. The number of carboxylic acids is 1. The molecule has 2 aromatic carbocycles. The van der Waals surface area contributed by atoms with E-state index in [2.05, 4.69) is 68.6 Å². The number of rotatable bonds is 17. The smallest absolute Gasteiger partial charge is 0.410 e. The Labute approximate surface area is 434 Å². The zero-order valence-electron chi connectivity index (χ0n) is 43.4. The van der Waals surface area contributed by atoms with Crippen molar-refractivity contribution in [3.63, 3.8) is 0 Å². The molecule has 6 aromatic rings. The lowest BCUT2D eigenvalue weighted by Crippen LogP contribution is -2.48. The molecule has 0 aliphatic rings. The average molecular weight is 1040 g/mol. The van der Waals surface area contributed by atoms with Crippen LogP contribution >= 0.6 is 22.7 Å². The van der Waals surface area contributed by atoms with Gasteiger partial charge < -0.3 is 46.9 Å². The molecular formula is C50H68N14O7S2. The summed E-state index contributed by atoms with van der Waals surface area (Å²) in [7, 11) is 2.94. The van der Waals surface area contributed by atoms with Gasteiger partial charge in [0.05, 0.1) is 9.75 Å². The predicted octanol–water partition coefficient (Wildman–Crippen LogP) is 8.78. The number of hydrogen-bond donors (Lipinski definition) is 7. The van der Waals surface area contributed by atoms with E-state index in [4.69, 9.17) is 20.3 Å². The Hall–Kier alpha value is -7.50. The highest BCUT2D eigenvalue weighted by molar-refractivity contribution is 7.19. The first kappa shape index (κ1) is 58.1. The van der Waals surface area contributed by atoms with Crippen molar-refractivity contribution in [1.29, 1.82) is 0 Å². The minimum absolute atomic E-state index is 0.274. The van der Waals surface area contributed by atoms with E-state index in [-0.39, 0.29) is 5.91 Å². The number of benzene rings is 2. The normalized spacial score (nSPS) is 11.7. The Kier molecular flexibility index (Phi) is 21.8. The molecule has 0 unspecified atom stereocenters. The van der Waals surface area contributed by atoms with Crippen LogP contribution in [0.1, 0.15) is 67.0 Å². The lowest BCUT2D eigenvalue weighted by Gasteiger charge is -2.28. The van der Waals surface area contributed by atoms with Crippen molar-refractivity contribution in [2.75, 3.05) is 61.5 Å². The van der Waals surface area contributed by atoms with Crippen LogP contribution in [-0.2, 0) is 19.1 Å². The number of carbonyl (C=O) groups excluding carboxylic acids is 3. The number of aromatic nitrogens is 6. The molecule has 0 aliphatic carbocycles. The molecule has 8 N–H and O–H groups in total. The van der Waals surface area contributed by atoms with Crippen LogP contribution in [0.3, 0.4) is 0 Å². The van der Waals surface area contributed by atoms with Crippen molar-refractivity contribution in [3.8, 4) is 20.9 Å². The minimum Gasteiger partial charge on any atom is -0.480 e. The number of aliphatic carboxylic acids is 1. The van der Waals surface area contributed by atoms with Crippen LogP contribution in [0.25, 0.3) is 20.9 Å². The maximum atomic E-state index is 12.5. The van der Waals surface area contributed by atoms with Crippen molar-refractivity contribution in [1.82, 2.24) is 45.0 Å². The molecule has 0 fully saturated rings. The molecule has 0 bridgehead atoms. The van der Waals surface area contributed by atoms with Crippen molar-refractivity contribution >= 4 is 80.3 Å². The second-order valence-electron chi connectivity index (χ2n) is 18.2. The monoisotopic (exact) mass is 1040 g/mol. The first-order valence-electron chi connectivity index (χ1n) is 23.3. The topological polar surface area (TPSA) is 277 Å². The Balaban J connectivity index is 0.000000266. The fourth-order valence-corrected chi connectivity index (χ4v) is 7.51. The maximum absolute atomic E-state index is 12.5. The van der Waals surface area contributed by atoms with Gasteiger partial charge in [-0.15, -0.1) is 0 Å². The molecule has 4 aromatic heterocycles. The summed E-state index contributed by atoms with van der Waals surface area (Å²) >= 11 is 3.13. The molecule has 23 heteroatoms. The molecule has 73 heavy (non-hydrogen) atoms. The summed E-state index contributed by atoms with van der Waals surface area (Å²) in [6, 6.07) is 22.3. The molecule has 21 nitrogen and oxygen atoms in total. The number of nitrogens with two attached hydrogens (primary N) is 1. The van der Waals surface area contributed by atoms with Crippen LogP contribution in [0.15, 0.2) is 85.2 Å². The molecule has 6 rings (SSSR count). The van der Waals surface area contributed by atoms with Crippen LogP contribution in [-0.4, -0.2) is 132 Å². The summed E-state index contributed by atoms with van der Waals surface area (Å²) in [5.41, 5.74) is 6.53. The highest BCUT2D eigenvalue weighted by Crippen LogP contribution is 2.32. The average Bonchev–Trinajstić information content (AvgIpc) is 4.01. The van der Waals surface area contributed by atoms with Crippen molar-refractivity contribution in [3.05, 3.63) is 96.8 Å². The Morgan fingerprint density at radius 2 is 1.03 bits per heavy atom. The molecule has 0 saturated heterocycles. The van der Waals surface area contributed by atoms with E-state index in [0.717, 1.165) is 41.9 Å². The minimum atomic E-state index is -1.06. The third kappa shape index (κ3) is 20.3. The largest absolute Gasteiger partial charge is 0.480 e. The maximum Gasteiger partial charge on any atom is 0.410 e. The number of likely N-dealkylation sites (N-methyl/N-ethyl adjacent to an activating group) is 2. The first-order chi connectivity index (χ1) is 34.4. The number of carboxylic acid groups (broad SMARTS) is 1. The van der Waals surface area contributed by atoms with E-state index in [1.807, 2.05) is 80.8 Å². The second-order valence-corrected chi connectivity index (χ2v) is 20.3. The fourth-order valence-electron chi connectivity index (χ4n) is 5.85. The van der Waals surface area contributed by atoms with Crippen LogP contribution in [0.4, 0.5) is 43.1 Å². The lowest BCUT2D eigenvalue weighted by molar-refractivity contribution is -0.142. The van der Waals surface area contributed by atoms with Gasteiger partial charge >= 0.3 is 18.2 Å².